The zero-order valence-electron chi connectivity index (χ0n) is 10.7. The minimum absolute atomic E-state index is 0.0834. The molecule has 1 aliphatic rings. The van der Waals surface area contributed by atoms with Crippen LogP contribution in [0.25, 0.3) is 0 Å². The zero-order valence-corrected chi connectivity index (χ0v) is 10.7. The van der Waals surface area contributed by atoms with Gasteiger partial charge in [-0.25, -0.2) is 0 Å². The molecule has 1 N–H and O–H groups in total. The highest BCUT2D eigenvalue weighted by Gasteiger charge is 2.15. The van der Waals surface area contributed by atoms with Gasteiger partial charge in [-0.05, 0) is 6.42 Å². The Balaban J connectivity index is 1.92. The first kappa shape index (κ1) is 14.4. The predicted molar refractivity (Wildman–Crippen MR) is 66.0 cm³/mol. The molecule has 1 amide bonds. The minimum Gasteiger partial charge on any atom is -0.379 e. The van der Waals surface area contributed by atoms with Crippen molar-refractivity contribution in [2.75, 3.05) is 52.6 Å². The number of hydrogen-bond donors (Lipinski definition) is 1. The van der Waals surface area contributed by atoms with E-state index in [0.29, 0.717) is 13.2 Å². The third-order valence-electron chi connectivity index (χ3n) is 2.71. The quantitative estimate of drug-likeness (QED) is 0.622. The van der Waals surface area contributed by atoms with E-state index in [4.69, 9.17) is 9.47 Å². The van der Waals surface area contributed by atoms with Gasteiger partial charge in [0.1, 0.15) is 6.61 Å². The number of nitrogens with zero attached hydrogens (tertiary/aromatic N) is 1. The van der Waals surface area contributed by atoms with E-state index in [2.05, 4.69) is 12.2 Å². The van der Waals surface area contributed by atoms with Crippen molar-refractivity contribution in [2.45, 2.75) is 19.8 Å². The van der Waals surface area contributed by atoms with Crippen LogP contribution in [0.2, 0.25) is 0 Å². The highest BCUT2D eigenvalue weighted by molar-refractivity contribution is 5.77. The van der Waals surface area contributed by atoms with Crippen LogP contribution >= 0.6 is 0 Å². The van der Waals surface area contributed by atoms with E-state index in [1.807, 2.05) is 4.90 Å². The fraction of sp³-hybridized carbons (Fsp3) is 0.917. The lowest BCUT2D eigenvalue weighted by Gasteiger charge is -2.27. The number of hydrogen-bond acceptors (Lipinski definition) is 4. The first-order chi connectivity index (χ1) is 8.34. The van der Waals surface area contributed by atoms with E-state index in [1.54, 1.807) is 0 Å². The molecule has 5 nitrogen and oxygen atoms in total. The van der Waals surface area contributed by atoms with Gasteiger partial charge in [-0.1, -0.05) is 13.3 Å². The lowest BCUT2D eigenvalue weighted by molar-refractivity contribution is -0.137. The zero-order chi connectivity index (χ0) is 12.3. The molecule has 0 atom stereocenters. The Morgan fingerprint density at radius 2 is 1.88 bits per heavy atom. The molecule has 0 radical (unpaired) electrons. The Hall–Kier alpha value is -0.650. The van der Waals surface area contributed by atoms with Crippen molar-refractivity contribution in [3.63, 3.8) is 0 Å². The summed E-state index contributed by atoms with van der Waals surface area (Å²) in [7, 11) is 0. The Kier molecular flexibility index (Phi) is 7.96. The molecule has 5 heteroatoms. The number of ether oxygens (including phenoxy) is 2. The Labute approximate surface area is 103 Å². The second-order valence-corrected chi connectivity index (χ2v) is 4.15. The fourth-order valence-electron chi connectivity index (χ4n) is 1.63. The number of piperazine rings is 1. The van der Waals surface area contributed by atoms with Crippen LogP contribution in [0.1, 0.15) is 19.8 Å². The van der Waals surface area contributed by atoms with Crippen LogP contribution in [0.5, 0.6) is 0 Å². The molecule has 0 saturated carbocycles. The molecule has 0 bridgehead atoms. The SMILES string of the molecule is CCCCOCCOCC(=O)N1CCNCC1. The first-order valence-electron chi connectivity index (χ1n) is 6.48. The van der Waals surface area contributed by atoms with Gasteiger partial charge in [-0.2, -0.15) is 0 Å². The van der Waals surface area contributed by atoms with Crippen LogP contribution in [-0.4, -0.2) is 63.4 Å². The van der Waals surface area contributed by atoms with E-state index >= 15 is 0 Å². The van der Waals surface area contributed by atoms with E-state index in [1.165, 1.54) is 0 Å². The van der Waals surface area contributed by atoms with Gasteiger partial charge in [-0.3, -0.25) is 4.79 Å². The van der Waals surface area contributed by atoms with E-state index < -0.39 is 0 Å². The molecule has 0 aromatic rings. The van der Waals surface area contributed by atoms with Crippen molar-refractivity contribution in [2.24, 2.45) is 0 Å². The van der Waals surface area contributed by atoms with Gasteiger partial charge < -0.3 is 19.7 Å². The fourth-order valence-corrected chi connectivity index (χ4v) is 1.63. The molecule has 0 aromatic carbocycles. The average molecular weight is 244 g/mol. The summed E-state index contributed by atoms with van der Waals surface area (Å²) in [4.78, 5) is 13.5. The number of rotatable bonds is 8. The smallest absolute Gasteiger partial charge is 0.248 e. The first-order valence-corrected chi connectivity index (χ1v) is 6.48. The lowest BCUT2D eigenvalue weighted by Crippen LogP contribution is -2.47. The molecule has 17 heavy (non-hydrogen) atoms. The molecule has 1 rings (SSSR count). The van der Waals surface area contributed by atoms with Gasteiger partial charge in [0.05, 0.1) is 13.2 Å². The number of carbonyl (C=O) groups is 1. The maximum absolute atomic E-state index is 11.7. The van der Waals surface area contributed by atoms with Crippen molar-refractivity contribution in [3.8, 4) is 0 Å². The van der Waals surface area contributed by atoms with Gasteiger partial charge in [0.15, 0.2) is 0 Å². The normalized spacial score (nSPS) is 16.2. The van der Waals surface area contributed by atoms with Gasteiger partial charge in [0.2, 0.25) is 5.91 Å². The summed E-state index contributed by atoms with van der Waals surface area (Å²) in [6.45, 7) is 7.51. The third kappa shape index (κ3) is 6.61. The highest BCUT2D eigenvalue weighted by atomic mass is 16.5. The molecule has 100 valence electrons. The maximum Gasteiger partial charge on any atom is 0.248 e. The summed E-state index contributed by atoms with van der Waals surface area (Å²) in [6, 6.07) is 0. The van der Waals surface area contributed by atoms with Gasteiger partial charge >= 0.3 is 0 Å². The molecule has 0 aromatic heterocycles. The monoisotopic (exact) mass is 244 g/mol. The van der Waals surface area contributed by atoms with Crippen molar-refractivity contribution < 1.29 is 14.3 Å². The second-order valence-electron chi connectivity index (χ2n) is 4.15. The predicted octanol–water partition coefficient (Wildman–Crippen LogP) is 0.252. The van der Waals surface area contributed by atoms with Crippen LogP contribution in [0.4, 0.5) is 0 Å². The van der Waals surface area contributed by atoms with E-state index in [9.17, 15) is 4.79 Å². The van der Waals surface area contributed by atoms with E-state index in [0.717, 1.165) is 45.6 Å². The van der Waals surface area contributed by atoms with Crippen LogP contribution in [0.3, 0.4) is 0 Å². The topological polar surface area (TPSA) is 50.8 Å². The summed E-state index contributed by atoms with van der Waals surface area (Å²) in [5, 5.41) is 3.21. The maximum atomic E-state index is 11.7. The molecular weight excluding hydrogens is 220 g/mol. The Morgan fingerprint density at radius 3 is 2.59 bits per heavy atom. The van der Waals surface area contributed by atoms with Crippen LogP contribution in [-0.2, 0) is 14.3 Å². The van der Waals surface area contributed by atoms with Crippen molar-refractivity contribution in [3.05, 3.63) is 0 Å². The summed E-state index contributed by atoms with van der Waals surface area (Å²) >= 11 is 0. The van der Waals surface area contributed by atoms with Gasteiger partial charge in [0, 0.05) is 32.8 Å². The third-order valence-corrected chi connectivity index (χ3v) is 2.71. The standard InChI is InChI=1S/C12H24N2O3/c1-2-3-8-16-9-10-17-11-12(15)14-6-4-13-5-7-14/h13H,2-11H2,1H3. The van der Waals surface area contributed by atoms with Crippen LogP contribution in [0, 0.1) is 0 Å². The van der Waals surface area contributed by atoms with E-state index in [-0.39, 0.29) is 12.5 Å². The van der Waals surface area contributed by atoms with Gasteiger partial charge in [-0.15, -0.1) is 0 Å². The van der Waals surface area contributed by atoms with Crippen molar-refractivity contribution in [1.82, 2.24) is 10.2 Å². The minimum atomic E-state index is 0.0834. The summed E-state index contributed by atoms with van der Waals surface area (Å²) in [5.41, 5.74) is 0. The largest absolute Gasteiger partial charge is 0.379 e. The molecule has 1 aliphatic heterocycles. The number of carbonyl (C=O) groups excluding carboxylic acids is 1. The molecule has 1 saturated heterocycles. The average Bonchev–Trinajstić information content (AvgIpc) is 2.38. The number of nitrogens with one attached hydrogen (secondary N) is 1. The number of amides is 1. The summed E-state index contributed by atoms with van der Waals surface area (Å²) in [5.74, 6) is 0.0834. The molecule has 1 fully saturated rings. The lowest BCUT2D eigenvalue weighted by atomic mass is 10.3. The van der Waals surface area contributed by atoms with Crippen molar-refractivity contribution in [1.29, 1.82) is 0 Å². The summed E-state index contributed by atoms with van der Waals surface area (Å²) in [6.07, 6.45) is 2.22. The molecular formula is C12H24N2O3. The van der Waals surface area contributed by atoms with Crippen LogP contribution in [0.15, 0.2) is 0 Å². The summed E-state index contributed by atoms with van der Waals surface area (Å²) < 4.78 is 10.6. The Bertz CT molecular complexity index is 206. The molecule has 0 aliphatic carbocycles. The Morgan fingerprint density at radius 1 is 1.18 bits per heavy atom. The highest BCUT2D eigenvalue weighted by Crippen LogP contribution is 1.94. The van der Waals surface area contributed by atoms with Crippen molar-refractivity contribution >= 4 is 5.91 Å². The molecule has 0 unspecified atom stereocenters. The molecule has 0 spiro atoms. The number of unbranched alkanes of at least 4 members (excludes halogenated alkanes) is 1. The second kappa shape index (κ2) is 9.39. The van der Waals surface area contributed by atoms with Gasteiger partial charge in [0.25, 0.3) is 0 Å². The molecule has 1 heterocycles. The van der Waals surface area contributed by atoms with Crippen LogP contribution < -0.4 is 5.32 Å².